The minimum atomic E-state index is -3.27. The molecule has 1 N–H and O–H groups in total. The smallest absolute Gasteiger partial charge is 0.229 e. The van der Waals surface area contributed by atoms with Gasteiger partial charge in [0.25, 0.3) is 0 Å². The van der Waals surface area contributed by atoms with E-state index < -0.39 is 10.0 Å². The lowest BCUT2D eigenvalue weighted by molar-refractivity contribution is 0.498. The van der Waals surface area contributed by atoms with E-state index in [1.807, 2.05) is 30.3 Å². The van der Waals surface area contributed by atoms with Crippen molar-refractivity contribution >= 4 is 21.4 Å². The zero-order valence-electron chi connectivity index (χ0n) is 11.9. The molecule has 5 nitrogen and oxygen atoms in total. The van der Waals surface area contributed by atoms with Crippen molar-refractivity contribution in [3.8, 4) is 0 Å². The van der Waals surface area contributed by atoms with Gasteiger partial charge in [0, 0.05) is 12.2 Å². The number of benzene rings is 1. The van der Waals surface area contributed by atoms with Gasteiger partial charge in [-0.3, -0.25) is 4.72 Å². The van der Waals surface area contributed by atoms with Gasteiger partial charge in [0.15, 0.2) is 0 Å². The molecule has 21 heavy (non-hydrogen) atoms. The molecule has 2 aromatic rings. The van der Waals surface area contributed by atoms with Gasteiger partial charge < -0.3 is 9.32 Å². The van der Waals surface area contributed by atoms with E-state index in [9.17, 15) is 8.42 Å². The molecular formula is C15H18N2O3S. The summed E-state index contributed by atoms with van der Waals surface area (Å²) in [6.45, 7) is 1.64. The Morgan fingerprint density at radius 2 is 2.14 bits per heavy atom. The molecule has 0 radical (unpaired) electrons. The molecule has 1 aromatic carbocycles. The first-order valence-corrected chi connectivity index (χ1v) is 8.79. The fourth-order valence-electron chi connectivity index (χ4n) is 2.75. The molecule has 112 valence electrons. The van der Waals surface area contributed by atoms with Crippen molar-refractivity contribution in [1.82, 2.24) is 0 Å². The number of nitrogens with zero attached hydrogens (tertiary/aromatic N) is 1. The van der Waals surface area contributed by atoms with Gasteiger partial charge in [-0.2, -0.15) is 0 Å². The van der Waals surface area contributed by atoms with Crippen molar-refractivity contribution in [2.24, 2.45) is 0 Å². The summed E-state index contributed by atoms with van der Waals surface area (Å²) in [7, 11) is -3.27. The number of hydrogen-bond donors (Lipinski definition) is 1. The predicted octanol–water partition coefficient (Wildman–Crippen LogP) is 2.60. The lowest BCUT2D eigenvalue weighted by Crippen LogP contribution is -2.29. The first-order chi connectivity index (χ1) is 10.0. The molecule has 0 saturated carbocycles. The second-order valence-corrected chi connectivity index (χ2v) is 7.03. The van der Waals surface area contributed by atoms with Crippen molar-refractivity contribution in [3.63, 3.8) is 0 Å². The molecule has 0 bridgehead atoms. The summed E-state index contributed by atoms with van der Waals surface area (Å²) in [6.07, 6.45) is 4.72. The third-order valence-electron chi connectivity index (χ3n) is 3.57. The van der Waals surface area contributed by atoms with Crippen molar-refractivity contribution in [2.45, 2.75) is 19.4 Å². The standard InChI is InChI=1S/C15H18N2O3S/c1-21(18,19)16-14-7-2-8-15-13(14)6-3-9-17(15)11-12-5-4-10-20-12/h2,4-5,7-8,10,16H,3,6,9,11H2,1H3. The SMILES string of the molecule is CS(=O)(=O)Nc1cccc2c1CCCN2Cc1ccco1. The van der Waals surface area contributed by atoms with Crippen LogP contribution in [-0.2, 0) is 23.0 Å². The minimum Gasteiger partial charge on any atom is -0.467 e. The molecule has 3 rings (SSSR count). The highest BCUT2D eigenvalue weighted by Crippen LogP contribution is 2.34. The molecule has 0 fully saturated rings. The van der Waals surface area contributed by atoms with Crippen LogP contribution in [0.2, 0.25) is 0 Å². The summed E-state index contributed by atoms with van der Waals surface area (Å²) in [6, 6.07) is 9.56. The summed E-state index contributed by atoms with van der Waals surface area (Å²) in [4.78, 5) is 2.23. The molecule has 0 atom stereocenters. The number of hydrogen-bond acceptors (Lipinski definition) is 4. The summed E-state index contributed by atoms with van der Waals surface area (Å²) in [5.41, 5.74) is 2.81. The Morgan fingerprint density at radius 1 is 1.29 bits per heavy atom. The minimum absolute atomic E-state index is 0.680. The average molecular weight is 306 g/mol. The van der Waals surface area contributed by atoms with Crippen LogP contribution in [0.1, 0.15) is 17.7 Å². The predicted molar refractivity (Wildman–Crippen MR) is 83.0 cm³/mol. The van der Waals surface area contributed by atoms with Crippen molar-refractivity contribution in [3.05, 3.63) is 47.9 Å². The Bertz CT molecular complexity index is 723. The average Bonchev–Trinajstić information content (AvgIpc) is 2.91. The van der Waals surface area contributed by atoms with Gasteiger partial charge in [-0.15, -0.1) is 0 Å². The Morgan fingerprint density at radius 3 is 2.86 bits per heavy atom. The number of rotatable bonds is 4. The van der Waals surface area contributed by atoms with Crippen LogP contribution in [0.3, 0.4) is 0 Å². The van der Waals surface area contributed by atoms with E-state index in [1.165, 1.54) is 6.26 Å². The van der Waals surface area contributed by atoms with Crippen molar-refractivity contribution in [2.75, 3.05) is 22.4 Å². The molecule has 0 unspecified atom stereocenters. The van der Waals surface area contributed by atoms with Crippen LogP contribution in [-0.4, -0.2) is 21.2 Å². The van der Waals surface area contributed by atoms with Crippen LogP contribution in [0, 0.1) is 0 Å². The van der Waals surface area contributed by atoms with E-state index in [0.717, 1.165) is 36.4 Å². The quantitative estimate of drug-likeness (QED) is 0.943. The lowest BCUT2D eigenvalue weighted by Gasteiger charge is -2.31. The zero-order chi connectivity index (χ0) is 14.9. The highest BCUT2D eigenvalue weighted by Gasteiger charge is 2.21. The first kappa shape index (κ1) is 14.0. The normalized spacial score (nSPS) is 14.8. The molecule has 0 saturated heterocycles. The highest BCUT2D eigenvalue weighted by atomic mass is 32.2. The fourth-order valence-corrected chi connectivity index (χ4v) is 3.34. The molecule has 0 amide bonds. The number of furan rings is 1. The first-order valence-electron chi connectivity index (χ1n) is 6.90. The Balaban J connectivity index is 1.93. The number of anilines is 2. The van der Waals surface area contributed by atoms with Crippen molar-refractivity contribution in [1.29, 1.82) is 0 Å². The van der Waals surface area contributed by atoms with Gasteiger partial charge in [0.05, 0.1) is 24.8 Å². The van der Waals surface area contributed by atoms with Crippen LogP contribution in [0.5, 0.6) is 0 Å². The van der Waals surface area contributed by atoms with Crippen LogP contribution in [0.4, 0.5) is 11.4 Å². The fraction of sp³-hybridized carbons (Fsp3) is 0.333. The number of nitrogens with one attached hydrogen (secondary N) is 1. The number of sulfonamides is 1. The molecule has 1 aliphatic heterocycles. The molecule has 2 heterocycles. The van der Waals surface area contributed by atoms with Gasteiger partial charge in [-0.25, -0.2) is 8.42 Å². The summed E-state index contributed by atoms with van der Waals surface area (Å²) < 4.78 is 31.0. The summed E-state index contributed by atoms with van der Waals surface area (Å²) in [5.74, 6) is 0.907. The van der Waals surface area contributed by atoms with E-state index in [2.05, 4.69) is 9.62 Å². The van der Waals surface area contributed by atoms with Gasteiger partial charge in [-0.1, -0.05) is 6.07 Å². The van der Waals surface area contributed by atoms with Crippen LogP contribution < -0.4 is 9.62 Å². The number of fused-ring (bicyclic) bond motifs is 1. The van der Waals surface area contributed by atoms with Gasteiger partial charge >= 0.3 is 0 Å². The van der Waals surface area contributed by atoms with E-state index in [4.69, 9.17) is 4.42 Å². The molecule has 1 aliphatic rings. The zero-order valence-corrected chi connectivity index (χ0v) is 12.7. The second kappa shape index (κ2) is 5.44. The lowest BCUT2D eigenvalue weighted by atomic mass is 10.00. The molecule has 0 aliphatic carbocycles. The molecule has 0 spiro atoms. The summed E-state index contributed by atoms with van der Waals surface area (Å²) >= 11 is 0. The molecule has 1 aromatic heterocycles. The van der Waals surface area contributed by atoms with Gasteiger partial charge in [0.2, 0.25) is 10.0 Å². The van der Waals surface area contributed by atoms with E-state index in [0.29, 0.717) is 12.2 Å². The maximum atomic E-state index is 11.5. The van der Waals surface area contributed by atoms with E-state index >= 15 is 0 Å². The van der Waals surface area contributed by atoms with E-state index in [1.54, 1.807) is 6.26 Å². The third-order valence-corrected chi connectivity index (χ3v) is 4.16. The van der Waals surface area contributed by atoms with Crippen LogP contribution in [0.15, 0.2) is 41.0 Å². The van der Waals surface area contributed by atoms with Crippen molar-refractivity contribution < 1.29 is 12.8 Å². The van der Waals surface area contributed by atoms with Crippen LogP contribution >= 0.6 is 0 Å². The maximum absolute atomic E-state index is 11.5. The molecule has 6 heteroatoms. The topological polar surface area (TPSA) is 62.6 Å². The Kier molecular flexibility index (Phi) is 3.63. The second-order valence-electron chi connectivity index (χ2n) is 5.28. The largest absolute Gasteiger partial charge is 0.467 e. The highest BCUT2D eigenvalue weighted by molar-refractivity contribution is 7.92. The summed E-state index contributed by atoms with van der Waals surface area (Å²) in [5, 5.41) is 0. The Labute approximate surface area is 124 Å². The van der Waals surface area contributed by atoms with Gasteiger partial charge in [-0.05, 0) is 42.7 Å². The molecular weight excluding hydrogens is 288 g/mol. The Hall–Kier alpha value is -1.95. The monoisotopic (exact) mass is 306 g/mol. The maximum Gasteiger partial charge on any atom is 0.229 e. The third kappa shape index (κ3) is 3.21. The van der Waals surface area contributed by atoms with Gasteiger partial charge in [0.1, 0.15) is 5.76 Å². The van der Waals surface area contributed by atoms with Crippen LogP contribution in [0.25, 0.3) is 0 Å². The van der Waals surface area contributed by atoms with E-state index in [-0.39, 0.29) is 0 Å².